The Balaban J connectivity index is 1.48. The van der Waals surface area contributed by atoms with Gasteiger partial charge in [0.25, 0.3) is 0 Å². The van der Waals surface area contributed by atoms with E-state index in [0.29, 0.717) is 16.7 Å². The maximum atomic E-state index is 12.2. The highest BCUT2D eigenvalue weighted by Crippen LogP contribution is 2.15. The quantitative estimate of drug-likeness (QED) is 0.590. The molecule has 0 aliphatic rings. The summed E-state index contributed by atoms with van der Waals surface area (Å²) in [4.78, 5) is 19.8. The van der Waals surface area contributed by atoms with E-state index in [1.54, 1.807) is 29.2 Å². The summed E-state index contributed by atoms with van der Waals surface area (Å²) in [6.45, 7) is 0. The predicted octanol–water partition coefficient (Wildman–Crippen LogP) is 3.58. The van der Waals surface area contributed by atoms with Gasteiger partial charge < -0.3 is 10.3 Å². The van der Waals surface area contributed by atoms with Gasteiger partial charge in [0.05, 0.1) is 35.5 Å². The van der Waals surface area contributed by atoms with E-state index in [1.165, 1.54) is 0 Å². The zero-order valence-corrected chi connectivity index (χ0v) is 13.9. The number of rotatable bonds is 4. The van der Waals surface area contributed by atoms with Crippen LogP contribution in [0.5, 0.6) is 0 Å². The number of carbonyl (C=O) groups excluding carboxylic acids is 1. The van der Waals surface area contributed by atoms with Crippen molar-refractivity contribution in [2.45, 2.75) is 6.42 Å². The molecule has 0 fully saturated rings. The summed E-state index contributed by atoms with van der Waals surface area (Å²) >= 11 is 5.94. The summed E-state index contributed by atoms with van der Waals surface area (Å²) in [6, 6.07) is 15.0. The summed E-state index contributed by atoms with van der Waals surface area (Å²) in [6.07, 6.45) is 3.55. The van der Waals surface area contributed by atoms with Gasteiger partial charge in [-0.3, -0.25) is 4.79 Å². The molecule has 1 amide bonds. The largest absolute Gasteiger partial charge is 0.323 e. The molecule has 0 aliphatic carbocycles. The van der Waals surface area contributed by atoms with E-state index in [4.69, 9.17) is 11.6 Å². The van der Waals surface area contributed by atoms with Crippen LogP contribution in [0.15, 0.2) is 60.9 Å². The zero-order chi connectivity index (χ0) is 17.2. The number of aromatic nitrogens is 4. The topological polar surface area (TPSA) is 75.6 Å². The number of carbonyl (C=O) groups is 1. The van der Waals surface area contributed by atoms with Crippen molar-refractivity contribution in [3.05, 3.63) is 71.5 Å². The molecule has 2 N–H and O–H groups in total. The Morgan fingerprint density at radius 1 is 1.20 bits per heavy atom. The molecule has 7 heteroatoms. The highest BCUT2D eigenvalue weighted by atomic mass is 35.5. The number of hydrogen-bond donors (Lipinski definition) is 2. The molecule has 25 heavy (non-hydrogen) atoms. The number of para-hydroxylation sites is 2. The molecule has 2 aromatic heterocycles. The average molecular weight is 352 g/mol. The van der Waals surface area contributed by atoms with Crippen LogP contribution in [-0.2, 0) is 11.2 Å². The molecule has 0 atom stereocenters. The SMILES string of the molecule is O=C(Cc1cccc(Cl)c1)Nc1cnn(-c2nc3ccccc3[nH]2)c1. The van der Waals surface area contributed by atoms with Crippen LogP contribution in [0, 0.1) is 0 Å². The number of fused-ring (bicyclic) bond motifs is 1. The van der Waals surface area contributed by atoms with Gasteiger partial charge in [0.2, 0.25) is 11.9 Å². The molecule has 4 aromatic rings. The molecule has 124 valence electrons. The van der Waals surface area contributed by atoms with Crippen molar-refractivity contribution in [3.63, 3.8) is 0 Å². The van der Waals surface area contributed by atoms with E-state index in [1.807, 2.05) is 36.4 Å². The Morgan fingerprint density at radius 3 is 2.92 bits per heavy atom. The van der Waals surface area contributed by atoms with Crippen LogP contribution >= 0.6 is 11.6 Å². The third-order valence-corrected chi connectivity index (χ3v) is 3.95. The van der Waals surface area contributed by atoms with Crippen molar-refractivity contribution in [1.82, 2.24) is 19.7 Å². The van der Waals surface area contributed by atoms with Crippen molar-refractivity contribution in [2.75, 3.05) is 5.32 Å². The summed E-state index contributed by atoms with van der Waals surface area (Å²) in [5.74, 6) is 0.461. The fraction of sp³-hybridized carbons (Fsp3) is 0.0556. The van der Waals surface area contributed by atoms with Crippen LogP contribution < -0.4 is 5.32 Å². The summed E-state index contributed by atoms with van der Waals surface area (Å²) < 4.78 is 1.59. The Labute approximate surface area is 148 Å². The van der Waals surface area contributed by atoms with E-state index >= 15 is 0 Å². The van der Waals surface area contributed by atoms with Gasteiger partial charge in [-0.1, -0.05) is 35.9 Å². The maximum absolute atomic E-state index is 12.2. The number of amides is 1. The molecule has 2 aromatic carbocycles. The second-order valence-corrected chi connectivity index (χ2v) is 6.04. The molecule has 0 aliphatic heterocycles. The van der Waals surface area contributed by atoms with Crippen LogP contribution in [0.4, 0.5) is 5.69 Å². The zero-order valence-electron chi connectivity index (χ0n) is 13.1. The highest BCUT2D eigenvalue weighted by molar-refractivity contribution is 6.30. The van der Waals surface area contributed by atoms with Crippen LogP contribution in [0.2, 0.25) is 5.02 Å². The number of H-pyrrole nitrogens is 1. The molecular formula is C18H14ClN5O. The van der Waals surface area contributed by atoms with Crippen LogP contribution in [-0.4, -0.2) is 25.7 Å². The van der Waals surface area contributed by atoms with Gasteiger partial charge in [0.15, 0.2) is 0 Å². The summed E-state index contributed by atoms with van der Waals surface area (Å²) in [5.41, 5.74) is 3.25. The average Bonchev–Trinajstić information content (AvgIpc) is 3.20. The lowest BCUT2D eigenvalue weighted by molar-refractivity contribution is -0.115. The van der Waals surface area contributed by atoms with E-state index in [9.17, 15) is 4.79 Å². The van der Waals surface area contributed by atoms with Gasteiger partial charge in [-0.15, -0.1) is 0 Å². The van der Waals surface area contributed by atoms with E-state index in [2.05, 4.69) is 20.4 Å². The lowest BCUT2D eigenvalue weighted by Gasteiger charge is -2.03. The Morgan fingerprint density at radius 2 is 2.08 bits per heavy atom. The van der Waals surface area contributed by atoms with Crippen LogP contribution in [0.25, 0.3) is 17.0 Å². The van der Waals surface area contributed by atoms with Gasteiger partial charge in [0.1, 0.15) is 0 Å². The number of aromatic amines is 1. The first kappa shape index (κ1) is 15.4. The first-order valence-corrected chi connectivity index (χ1v) is 8.09. The monoisotopic (exact) mass is 351 g/mol. The summed E-state index contributed by atoms with van der Waals surface area (Å²) in [5, 5.41) is 7.68. The minimum absolute atomic E-state index is 0.133. The molecule has 0 saturated carbocycles. The first-order chi connectivity index (χ1) is 12.2. The van der Waals surface area contributed by atoms with E-state index in [-0.39, 0.29) is 12.3 Å². The smallest absolute Gasteiger partial charge is 0.229 e. The molecule has 6 nitrogen and oxygen atoms in total. The Hall–Kier alpha value is -3.12. The number of anilines is 1. The Bertz CT molecular complexity index is 1020. The third-order valence-electron chi connectivity index (χ3n) is 3.71. The van der Waals surface area contributed by atoms with Crippen molar-refractivity contribution in [3.8, 4) is 5.95 Å². The molecule has 0 bridgehead atoms. The second-order valence-electron chi connectivity index (χ2n) is 5.61. The minimum atomic E-state index is -0.133. The van der Waals surface area contributed by atoms with Crippen molar-refractivity contribution < 1.29 is 4.79 Å². The normalized spacial score (nSPS) is 10.9. The molecule has 4 rings (SSSR count). The fourth-order valence-corrected chi connectivity index (χ4v) is 2.80. The number of benzene rings is 2. The number of imidazole rings is 1. The number of nitrogens with one attached hydrogen (secondary N) is 2. The van der Waals surface area contributed by atoms with Crippen LogP contribution in [0.1, 0.15) is 5.56 Å². The molecule has 0 radical (unpaired) electrons. The molecule has 0 saturated heterocycles. The van der Waals surface area contributed by atoms with E-state index in [0.717, 1.165) is 16.6 Å². The van der Waals surface area contributed by atoms with Gasteiger partial charge in [-0.2, -0.15) is 5.10 Å². The standard InChI is InChI=1S/C18H14ClN5O/c19-13-5-3-4-12(8-13)9-17(25)21-14-10-20-24(11-14)18-22-15-6-1-2-7-16(15)23-18/h1-8,10-11H,9H2,(H,21,25)(H,22,23). The van der Waals surface area contributed by atoms with E-state index < -0.39 is 0 Å². The number of nitrogens with zero attached hydrogens (tertiary/aromatic N) is 3. The van der Waals surface area contributed by atoms with Crippen molar-refractivity contribution >= 4 is 34.2 Å². The highest BCUT2D eigenvalue weighted by Gasteiger charge is 2.09. The van der Waals surface area contributed by atoms with Gasteiger partial charge in [-0.25, -0.2) is 9.67 Å². The number of halogens is 1. The Kier molecular flexibility index (Phi) is 3.95. The lowest BCUT2D eigenvalue weighted by Crippen LogP contribution is -2.13. The molecule has 2 heterocycles. The number of hydrogen-bond acceptors (Lipinski definition) is 3. The van der Waals surface area contributed by atoms with Crippen molar-refractivity contribution in [2.24, 2.45) is 0 Å². The molecule has 0 spiro atoms. The second kappa shape index (κ2) is 6.41. The van der Waals surface area contributed by atoms with Gasteiger partial charge >= 0.3 is 0 Å². The molecule has 0 unspecified atom stereocenters. The predicted molar refractivity (Wildman–Crippen MR) is 97.0 cm³/mol. The van der Waals surface area contributed by atoms with Gasteiger partial charge in [-0.05, 0) is 29.8 Å². The lowest BCUT2D eigenvalue weighted by atomic mass is 10.1. The van der Waals surface area contributed by atoms with Crippen LogP contribution in [0.3, 0.4) is 0 Å². The third kappa shape index (κ3) is 3.39. The maximum Gasteiger partial charge on any atom is 0.229 e. The summed E-state index contributed by atoms with van der Waals surface area (Å²) in [7, 11) is 0. The first-order valence-electron chi connectivity index (χ1n) is 7.71. The van der Waals surface area contributed by atoms with Gasteiger partial charge in [0, 0.05) is 5.02 Å². The minimum Gasteiger partial charge on any atom is -0.323 e. The molecular weight excluding hydrogens is 338 g/mol. The fourth-order valence-electron chi connectivity index (χ4n) is 2.59. The van der Waals surface area contributed by atoms with Crippen molar-refractivity contribution in [1.29, 1.82) is 0 Å².